The van der Waals surface area contributed by atoms with Crippen LogP contribution >= 0.6 is 0 Å². The lowest BCUT2D eigenvalue weighted by Gasteiger charge is -2.11. The van der Waals surface area contributed by atoms with Gasteiger partial charge in [0.2, 0.25) is 0 Å². The molecular weight excluding hydrogens is 272 g/mol. The molecule has 3 N–H and O–H groups in total. The molecule has 0 radical (unpaired) electrons. The second-order valence-corrected chi connectivity index (χ2v) is 4.14. The second kappa shape index (κ2) is 6.36. The first-order chi connectivity index (χ1) is 10.2. The summed E-state index contributed by atoms with van der Waals surface area (Å²) in [7, 11) is 0. The Hall–Kier alpha value is -3.11. The maximum absolute atomic E-state index is 10.9. The van der Waals surface area contributed by atoms with Gasteiger partial charge in [0.15, 0.2) is 0 Å². The molecule has 2 aromatic carbocycles. The molecule has 7 heteroatoms. The van der Waals surface area contributed by atoms with Gasteiger partial charge in [0.25, 0.3) is 5.69 Å². The van der Waals surface area contributed by atoms with E-state index in [0.29, 0.717) is 16.9 Å². The summed E-state index contributed by atoms with van der Waals surface area (Å²) in [4.78, 5) is 10.4. The Labute approximate surface area is 120 Å². The maximum Gasteiger partial charge on any atom is 0.294 e. The first-order valence-electron chi connectivity index (χ1n) is 6.01. The number of rotatable bonds is 5. The number of benzene rings is 2. The first kappa shape index (κ1) is 14.3. The average Bonchev–Trinajstić information content (AvgIpc) is 2.52. The van der Waals surface area contributed by atoms with Crippen molar-refractivity contribution in [3.8, 4) is 11.8 Å². The molecule has 2 aromatic rings. The summed E-state index contributed by atoms with van der Waals surface area (Å²) >= 11 is 0. The topological polar surface area (TPSA) is 114 Å². The standard InChI is InChI=1S/C14H12N4O3/c15-8-10-3-1-5-12(7-10)21-9-11-4-2-6-13(18(19)20)14(11)17-16/h1-7,17H,9,16H2. The number of hydrogen-bond acceptors (Lipinski definition) is 6. The van der Waals surface area contributed by atoms with Crippen molar-refractivity contribution >= 4 is 11.4 Å². The molecular formula is C14H12N4O3. The van der Waals surface area contributed by atoms with Gasteiger partial charge in [-0.05, 0) is 18.2 Å². The van der Waals surface area contributed by atoms with Crippen LogP contribution in [-0.4, -0.2) is 4.92 Å². The van der Waals surface area contributed by atoms with Crippen molar-refractivity contribution in [3.05, 3.63) is 63.7 Å². The second-order valence-electron chi connectivity index (χ2n) is 4.14. The number of nitrogen functional groups attached to an aromatic ring is 1. The number of anilines is 1. The molecule has 2 rings (SSSR count). The molecule has 0 bridgehead atoms. The fraction of sp³-hybridized carbons (Fsp3) is 0.0714. The molecule has 0 aliphatic carbocycles. The quantitative estimate of drug-likeness (QED) is 0.494. The molecule has 0 aliphatic rings. The number of hydrazine groups is 1. The highest BCUT2D eigenvalue weighted by atomic mass is 16.6. The Balaban J connectivity index is 2.22. The summed E-state index contributed by atoms with van der Waals surface area (Å²) < 4.78 is 5.54. The van der Waals surface area contributed by atoms with E-state index in [1.54, 1.807) is 36.4 Å². The van der Waals surface area contributed by atoms with Crippen LogP contribution in [0.5, 0.6) is 5.75 Å². The number of nitrogens with one attached hydrogen (secondary N) is 1. The smallest absolute Gasteiger partial charge is 0.294 e. The lowest BCUT2D eigenvalue weighted by Crippen LogP contribution is -2.12. The van der Waals surface area contributed by atoms with Crippen molar-refractivity contribution in [1.82, 2.24) is 0 Å². The fourth-order valence-electron chi connectivity index (χ4n) is 1.84. The van der Waals surface area contributed by atoms with Crippen molar-refractivity contribution < 1.29 is 9.66 Å². The fourth-order valence-corrected chi connectivity index (χ4v) is 1.84. The van der Waals surface area contributed by atoms with Crippen LogP contribution in [0, 0.1) is 21.4 Å². The van der Waals surface area contributed by atoms with E-state index in [0.717, 1.165) is 0 Å². The van der Waals surface area contributed by atoms with Crippen LogP contribution < -0.4 is 16.0 Å². The van der Waals surface area contributed by atoms with Crippen LogP contribution in [0.2, 0.25) is 0 Å². The van der Waals surface area contributed by atoms with E-state index in [-0.39, 0.29) is 18.0 Å². The summed E-state index contributed by atoms with van der Waals surface area (Å²) in [6.45, 7) is 0.0933. The van der Waals surface area contributed by atoms with Crippen LogP contribution in [-0.2, 0) is 6.61 Å². The molecule has 0 amide bonds. The zero-order valence-electron chi connectivity index (χ0n) is 10.9. The Morgan fingerprint density at radius 1 is 1.33 bits per heavy atom. The highest BCUT2D eigenvalue weighted by molar-refractivity contribution is 5.65. The first-order valence-corrected chi connectivity index (χ1v) is 6.01. The summed E-state index contributed by atoms with van der Waals surface area (Å²) in [5.74, 6) is 5.85. The Kier molecular flexibility index (Phi) is 4.33. The Morgan fingerprint density at radius 3 is 2.76 bits per heavy atom. The molecule has 21 heavy (non-hydrogen) atoms. The molecule has 0 spiro atoms. The van der Waals surface area contributed by atoms with Crippen molar-refractivity contribution in [1.29, 1.82) is 5.26 Å². The van der Waals surface area contributed by atoms with Gasteiger partial charge in [0, 0.05) is 11.6 Å². The number of hydrogen-bond donors (Lipinski definition) is 2. The minimum Gasteiger partial charge on any atom is -0.489 e. The Bertz CT molecular complexity index is 710. The number of ether oxygens (including phenoxy) is 1. The van der Waals surface area contributed by atoms with Gasteiger partial charge < -0.3 is 10.2 Å². The highest BCUT2D eigenvalue weighted by Crippen LogP contribution is 2.28. The van der Waals surface area contributed by atoms with E-state index in [2.05, 4.69) is 5.43 Å². The molecule has 0 aliphatic heterocycles. The SMILES string of the molecule is N#Cc1cccc(OCc2cccc([N+](=O)[O-])c2NN)c1. The monoisotopic (exact) mass is 284 g/mol. The number of nitrogens with zero attached hydrogens (tertiary/aromatic N) is 2. The van der Waals surface area contributed by atoms with E-state index in [1.165, 1.54) is 6.07 Å². The summed E-state index contributed by atoms with van der Waals surface area (Å²) in [6.07, 6.45) is 0. The molecule has 0 heterocycles. The van der Waals surface area contributed by atoms with Crippen LogP contribution in [0.15, 0.2) is 42.5 Å². The number of nitro benzene ring substituents is 1. The van der Waals surface area contributed by atoms with Gasteiger partial charge in [0.05, 0.1) is 16.6 Å². The van der Waals surface area contributed by atoms with Crippen molar-refractivity contribution in [2.45, 2.75) is 6.61 Å². The normalized spacial score (nSPS) is 9.71. The minimum atomic E-state index is -0.519. The number of nitro groups is 1. The number of nitrogens with two attached hydrogens (primary N) is 1. The third kappa shape index (κ3) is 3.26. The summed E-state index contributed by atoms with van der Waals surface area (Å²) in [5.41, 5.74) is 3.44. The number of nitriles is 1. The summed E-state index contributed by atoms with van der Waals surface area (Å²) in [6, 6.07) is 13.3. The third-order valence-corrected chi connectivity index (χ3v) is 2.83. The molecule has 0 saturated carbocycles. The van der Waals surface area contributed by atoms with Gasteiger partial charge in [-0.2, -0.15) is 5.26 Å². The maximum atomic E-state index is 10.9. The molecule has 0 fully saturated rings. The van der Waals surface area contributed by atoms with Gasteiger partial charge in [-0.25, -0.2) is 0 Å². The van der Waals surface area contributed by atoms with E-state index in [1.807, 2.05) is 6.07 Å². The van der Waals surface area contributed by atoms with Crippen molar-refractivity contribution in [2.24, 2.45) is 5.84 Å². The van der Waals surface area contributed by atoms with Gasteiger partial charge in [-0.3, -0.25) is 16.0 Å². The summed E-state index contributed by atoms with van der Waals surface area (Å²) in [5, 5.41) is 19.7. The molecule has 0 saturated heterocycles. The highest BCUT2D eigenvalue weighted by Gasteiger charge is 2.16. The predicted molar refractivity (Wildman–Crippen MR) is 76.4 cm³/mol. The van der Waals surface area contributed by atoms with Crippen LogP contribution in [0.25, 0.3) is 0 Å². The largest absolute Gasteiger partial charge is 0.489 e. The molecule has 0 aromatic heterocycles. The van der Waals surface area contributed by atoms with Crippen LogP contribution in [0.3, 0.4) is 0 Å². The molecule has 106 valence electrons. The van der Waals surface area contributed by atoms with E-state index in [9.17, 15) is 10.1 Å². The van der Waals surface area contributed by atoms with E-state index in [4.69, 9.17) is 15.8 Å². The van der Waals surface area contributed by atoms with E-state index < -0.39 is 4.92 Å². The molecule has 0 atom stereocenters. The molecule has 7 nitrogen and oxygen atoms in total. The van der Waals surface area contributed by atoms with Gasteiger partial charge >= 0.3 is 0 Å². The zero-order chi connectivity index (χ0) is 15.2. The van der Waals surface area contributed by atoms with Crippen LogP contribution in [0.4, 0.5) is 11.4 Å². The predicted octanol–water partition coefficient (Wildman–Crippen LogP) is 2.33. The minimum absolute atomic E-state index is 0.0933. The number of para-hydroxylation sites is 1. The lowest BCUT2D eigenvalue weighted by molar-refractivity contribution is -0.384. The van der Waals surface area contributed by atoms with Gasteiger partial charge in [-0.15, -0.1) is 0 Å². The molecule has 0 unspecified atom stereocenters. The van der Waals surface area contributed by atoms with Gasteiger partial charge in [-0.1, -0.05) is 18.2 Å². The Morgan fingerprint density at radius 2 is 2.10 bits per heavy atom. The average molecular weight is 284 g/mol. The van der Waals surface area contributed by atoms with Crippen molar-refractivity contribution in [2.75, 3.05) is 5.43 Å². The third-order valence-electron chi connectivity index (χ3n) is 2.83. The van der Waals surface area contributed by atoms with Crippen LogP contribution in [0.1, 0.15) is 11.1 Å². The van der Waals surface area contributed by atoms with Crippen molar-refractivity contribution in [3.63, 3.8) is 0 Å². The van der Waals surface area contributed by atoms with E-state index >= 15 is 0 Å². The lowest BCUT2D eigenvalue weighted by atomic mass is 10.1. The zero-order valence-corrected chi connectivity index (χ0v) is 10.9. The van der Waals surface area contributed by atoms with Gasteiger partial charge in [0.1, 0.15) is 18.0 Å².